The number of nitrogens with one attached hydrogen (secondary N) is 1. The molecule has 0 aliphatic carbocycles. The second kappa shape index (κ2) is 7.30. The zero-order valence-corrected chi connectivity index (χ0v) is 15.3. The summed E-state index contributed by atoms with van der Waals surface area (Å²) in [4.78, 5) is 38.1. The van der Waals surface area contributed by atoms with E-state index in [2.05, 4.69) is 5.32 Å². The van der Waals surface area contributed by atoms with E-state index >= 15 is 0 Å². The Hall–Kier alpha value is -2.66. The average molecular weight is 371 g/mol. The largest absolute Gasteiger partial charge is 0.326 e. The Morgan fingerprint density at radius 1 is 1.19 bits per heavy atom. The summed E-state index contributed by atoms with van der Waals surface area (Å²) >= 11 is 5.93. The number of carbonyl (C=O) groups is 3. The summed E-state index contributed by atoms with van der Waals surface area (Å²) in [5.41, 5.74) is 2.73. The molecule has 1 atom stereocenters. The summed E-state index contributed by atoms with van der Waals surface area (Å²) in [5.74, 6) is -0.836. The van der Waals surface area contributed by atoms with Crippen LogP contribution in [0.5, 0.6) is 0 Å². The molecule has 0 spiro atoms. The summed E-state index contributed by atoms with van der Waals surface area (Å²) in [6.07, 6.45) is 0.142. The molecule has 0 radical (unpaired) electrons. The van der Waals surface area contributed by atoms with Gasteiger partial charge in [0.2, 0.25) is 11.8 Å². The first kappa shape index (κ1) is 18.1. The summed E-state index contributed by atoms with van der Waals surface area (Å²) in [6, 6.07) is 12.1. The van der Waals surface area contributed by atoms with Crippen molar-refractivity contribution in [2.75, 3.05) is 16.8 Å². The lowest BCUT2D eigenvalue weighted by molar-refractivity contribution is -0.122. The Bertz CT molecular complexity index is 894. The molecule has 1 unspecified atom stereocenters. The Kier molecular flexibility index (Phi) is 5.09. The van der Waals surface area contributed by atoms with Crippen molar-refractivity contribution >= 4 is 40.6 Å². The first-order chi connectivity index (χ1) is 12.3. The summed E-state index contributed by atoms with van der Waals surface area (Å²) < 4.78 is 0. The van der Waals surface area contributed by atoms with Crippen LogP contribution in [0.15, 0.2) is 42.5 Å². The molecule has 5 nitrogen and oxygen atoms in total. The van der Waals surface area contributed by atoms with Gasteiger partial charge in [-0.05, 0) is 49.7 Å². The van der Waals surface area contributed by atoms with Crippen molar-refractivity contribution in [3.63, 3.8) is 0 Å². The van der Waals surface area contributed by atoms with Crippen molar-refractivity contribution in [1.29, 1.82) is 0 Å². The van der Waals surface area contributed by atoms with Crippen LogP contribution in [0, 0.1) is 12.8 Å². The molecule has 0 saturated carbocycles. The van der Waals surface area contributed by atoms with E-state index < -0.39 is 5.92 Å². The molecular weight excluding hydrogens is 352 g/mol. The zero-order chi connectivity index (χ0) is 18.8. The number of hydrogen-bond acceptors (Lipinski definition) is 3. The van der Waals surface area contributed by atoms with Crippen LogP contribution >= 0.6 is 11.6 Å². The first-order valence-corrected chi connectivity index (χ1v) is 8.71. The molecule has 2 aromatic carbocycles. The van der Waals surface area contributed by atoms with Crippen LogP contribution in [-0.2, 0) is 9.59 Å². The quantitative estimate of drug-likeness (QED) is 0.831. The highest BCUT2D eigenvalue weighted by Gasteiger charge is 2.35. The van der Waals surface area contributed by atoms with Crippen LogP contribution < -0.4 is 10.2 Å². The number of ketones is 1. The molecule has 2 aromatic rings. The maximum Gasteiger partial charge on any atom is 0.229 e. The second-order valence-corrected chi connectivity index (χ2v) is 6.90. The van der Waals surface area contributed by atoms with Gasteiger partial charge in [-0.15, -0.1) is 0 Å². The van der Waals surface area contributed by atoms with E-state index in [9.17, 15) is 14.4 Å². The van der Waals surface area contributed by atoms with Gasteiger partial charge in [-0.25, -0.2) is 0 Å². The number of Topliss-reactive ketones (excluding diaryl/α,β-unsaturated/α-hetero) is 1. The molecule has 1 aliphatic heterocycles. The highest BCUT2D eigenvalue weighted by atomic mass is 35.5. The topological polar surface area (TPSA) is 66.5 Å². The van der Waals surface area contributed by atoms with Crippen molar-refractivity contribution in [2.45, 2.75) is 20.3 Å². The molecule has 1 N–H and O–H groups in total. The molecule has 26 heavy (non-hydrogen) atoms. The fraction of sp³-hybridized carbons (Fsp3) is 0.250. The molecule has 1 saturated heterocycles. The number of hydrogen-bond donors (Lipinski definition) is 1. The van der Waals surface area contributed by atoms with E-state index in [4.69, 9.17) is 11.6 Å². The standard InChI is InChI=1S/C20H19ClN2O3/c1-12-8-16(21)6-7-18(12)22-20(26)15-10-19(25)23(11-15)17-5-3-4-14(9-17)13(2)24/h3-9,15H,10-11H2,1-2H3,(H,22,26). The number of rotatable bonds is 4. The lowest BCUT2D eigenvalue weighted by Gasteiger charge is -2.17. The zero-order valence-electron chi connectivity index (χ0n) is 14.6. The number of anilines is 2. The van der Waals surface area contributed by atoms with Crippen molar-refractivity contribution in [2.24, 2.45) is 5.92 Å². The highest BCUT2D eigenvalue weighted by molar-refractivity contribution is 6.30. The molecule has 1 heterocycles. The number of benzene rings is 2. The Labute approximate surface area is 156 Å². The minimum Gasteiger partial charge on any atom is -0.326 e. The maximum atomic E-state index is 12.6. The minimum absolute atomic E-state index is 0.0639. The van der Waals surface area contributed by atoms with Crippen LogP contribution in [0.4, 0.5) is 11.4 Å². The van der Waals surface area contributed by atoms with Gasteiger partial charge in [-0.2, -0.15) is 0 Å². The van der Waals surface area contributed by atoms with Gasteiger partial charge in [0.1, 0.15) is 0 Å². The summed E-state index contributed by atoms with van der Waals surface area (Å²) in [6.45, 7) is 3.63. The lowest BCUT2D eigenvalue weighted by Crippen LogP contribution is -2.28. The van der Waals surface area contributed by atoms with Gasteiger partial charge in [0.05, 0.1) is 5.92 Å². The van der Waals surface area contributed by atoms with Crippen LogP contribution in [-0.4, -0.2) is 24.1 Å². The van der Waals surface area contributed by atoms with E-state index in [0.717, 1.165) is 5.56 Å². The van der Waals surface area contributed by atoms with Crippen LogP contribution in [0.1, 0.15) is 29.3 Å². The van der Waals surface area contributed by atoms with Crippen LogP contribution in [0.2, 0.25) is 5.02 Å². The minimum atomic E-state index is -0.446. The lowest BCUT2D eigenvalue weighted by atomic mass is 10.1. The number of carbonyl (C=O) groups excluding carboxylic acids is 3. The van der Waals surface area contributed by atoms with E-state index in [0.29, 0.717) is 28.5 Å². The predicted octanol–water partition coefficient (Wildman–Crippen LogP) is 3.84. The SMILES string of the molecule is CC(=O)c1cccc(N2CC(C(=O)Nc3ccc(Cl)cc3C)CC2=O)c1. The molecule has 2 amide bonds. The van der Waals surface area contributed by atoms with Gasteiger partial charge >= 0.3 is 0 Å². The molecule has 0 aromatic heterocycles. The van der Waals surface area contributed by atoms with Gasteiger partial charge in [-0.3, -0.25) is 14.4 Å². The molecule has 1 fully saturated rings. The molecular formula is C20H19ClN2O3. The number of amides is 2. The monoisotopic (exact) mass is 370 g/mol. The Morgan fingerprint density at radius 2 is 1.96 bits per heavy atom. The van der Waals surface area contributed by atoms with Crippen molar-refractivity contribution < 1.29 is 14.4 Å². The third kappa shape index (κ3) is 3.78. The number of aryl methyl sites for hydroxylation is 1. The van der Waals surface area contributed by atoms with E-state index in [-0.39, 0.29) is 24.0 Å². The van der Waals surface area contributed by atoms with Gasteiger partial charge in [0, 0.05) is 34.9 Å². The third-order valence-corrected chi connectivity index (χ3v) is 4.74. The fourth-order valence-corrected chi connectivity index (χ4v) is 3.25. The Balaban J connectivity index is 1.74. The van der Waals surface area contributed by atoms with Crippen molar-refractivity contribution in [1.82, 2.24) is 0 Å². The number of halogens is 1. The summed E-state index contributed by atoms with van der Waals surface area (Å²) in [7, 11) is 0. The van der Waals surface area contributed by atoms with Gasteiger partial charge in [0.25, 0.3) is 0 Å². The van der Waals surface area contributed by atoms with Gasteiger partial charge in [0.15, 0.2) is 5.78 Å². The van der Waals surface area contributed by atoms with Crippen molar-refractivity contribution in [3.8, 4) is 0 Å². The highest BCUT2D eigenvalue weighted by Crippen LogP contribution is 2.27. The molecule has 3 rings (SSSR count). The van der Waals surface area contributed by atoms with E-state index in [1.54, 1.807) is 47.4 Å². The Morgan fingerprint density at radius 3 is 2.65 bits per heavy atom. The third-order valence-electron chi connectivity index (χ3n) is 4.51. The normalized spacial score (nSPS) is 16.7. The first-order valence-electron chi connectivity index (χ1n) is 8.33. The fourth-order valence-electron chi connectivity index (χ4n) is 3.03. The van der Waals surface area contributed by atoms with Crippen LogP contribution in [0.25, 0.3) is 0 Å². The van der Waals surface area contributed by atoms with Crippen molar-refractivity contribution in [3.05, 3.63) is 58.6 Å². The second-order valence-electron chi connectivity index (χ2n) is 6.46. The summed E-state index contributed by atoms with van der Waals surface area (Å²) in [5, 5.41) is 3.48. The van der Waals surface area contributed by atoms with E-state index in [1.807, 2.05) is 6.92 Å². The number of nitrogens with zero attached hydrogens (tertiary/aromatic N) is 1. The maximum absolute atomic E-state index is 12.6. The van der Waals surface area contributed by atoms with E-state index in [1.165, 1.54) is 6.92 Å². The smallest absolute Gasteiger partial charge is 0.229 e. The molecule has 134 valence electrons. The average Bonchev–Trinajstić information content (AvgIpc) is 2.99. The molecule has 0 bridgehead atoms. The van der Waals surface area contributed by atoms with Gasteiger partial charge < -0.3 is 10.2 Å². The van der Waals surface area contributed by atoms with Gasteiger partial charge in [-0.1, -0.05) is 23.7 Å². The molecule has 6 heteroatoms. The molecule has 1 aliphatic rings. The predicted molar refractivity (Wildman–Crippen MR) is 102 cm³/mol. The van der Waals surface area contributed by atoms with Crippen LogP contribution in [0.3, 0.4) is 0 Å².